The van der Waals surface area contributed by atoms with Crippen LogP contribution in [0.4, 0.5) is 24.7 Å². The molecule has 1 saturated heterocycles. The number of carbonyl (C=O) groups excluding carboxylic acids is 1. The van der Waals surface area contributed by atoms with E-state index in [0.717, 1.165) is 44.5 Å². The number of alkyl halides is 3. The lowest BCUT2D eigenvalue weighted by molar-refractivity contribution is -0.137. The van der Waals surface area contributed by atoms with Gasteiger partial charge in [0.2, 0.25) is 0 Å². The molecule has 1 aromatic heterocycles. The normalized spacial score (nSPS) is 24.2. The van der Waals surface area contributed by atoms with Crippen LogP contribution >= 0.6 is 0 Å². The molecule has 0 bridgehead atoms. The maximum Gasteiger partial charge on any atom is 0.416 e. The van der Waals surface area contributed by atoms with Crippen molar-refractivity contribution in [3.63, 3.8) is 0 Å². The number of hydrogen-bond donors (Lipinski definition) is 2. The van der Waals surface area contributed by atoms with E-state index >= 15 is 0 Å². The smallest absolute Gasteiger partial charge is 0.365 e. The summed E-state index contributed by atoms with van der Waals surface area (Å²) >= 11 is 0. The second-order valence-corrected chi connectivity index (χ2v) is 8.80. The van der Waals surface area contributed by atoms with E-state index < -0.39 is 17.6 Å². The fraction of sp³-hybridized carbons (Fsp3) is 0.522. The van der Waals surface area contributed by atoms with Gasteiger partial charge in [-0.3, -0.25) is 9.48 Å². The molecule has 4 rings (SSSR count). The molecule has 176 valence electrons. The summed E-state index contributed by atoms with van der Waals surface area (Å²) in [5.74, 6) is -0.798. The summed E-state index contributed by atoms with van der Waals surface area (Å²) in [7, 11) is 0. The van der Waals surface area contributed by atoms with Crippen molar-refractivity contribution in [1.82, 2.24) is 14.7 Å². The van der Waals surface area contributed by atoms with Gasteiger partial charge in [0.25, 0.3) is 5.91 Å². The summed E-state index contributed by atoms with van der Waals surface area (Å²) in [6, 6.07) is 7.05. The molecule has 2 aromatic rings. The standard InChI is InChI=1S/C23H27F3N6O/c24-23(25,26)16-4-6-17(7-5-16)29-22-19(21(28)33)14-32(30-22)20-9-8-18(12-15(20)13-27)31-10-2-1-3-11-31/h4-7,14-15,18,20H,1-3,8-12H2,(H2,28,33)(H,29,30)/t15-,18+,20+/m1/s1. The van der Waals surface area contributed by atoms with Gasteiger partial charge in [-0.1, -0.05) is 6.42 Å². The minimum Gasteiger partial charge on any atom is -0.365 e. The topological polar surface area (TPSA) is 100.0 Å². The van der Waals surface area contributed by atoms with Gasteiger partial charge in [-0.2, -0.15) is 23.5 Å². The number of primary amides is 1. The molecule has 10 heteroatoms. The molecule has 1 aromatic carbocycles. The van der Waals surface area contributed by atoms with Crippen LogP contribution in [-0.4, -0.2) is 39.7 Å². The first-order valence-electron chi connectivity index (χ1n) is 11.2. The van der Waals surface area contributed by atoms with Gasteiger partial charge in [0.05, 0.1) is 23.6 Å². The van der Waals surface area contributed by atoms with E-state index in [0.29, 0.717) is 11.7 Å². The van der Waals surface area contributed by atoms with Gasteiger partial charge in [-0.15, -0.1) is 0 Å². The predicted octanol–water partition coefficient (Wildman–Crippen LogP) is 4.46. The molecule has 1 aliphatic carbocycles. The van der Waals surface area contributed by atoms with Crippen LogP contribution in [0, 0.1) is 17.2 Å². The fourth-order valence-electron chi connectivity index (χ4n) is 4.92. The number of carbonyl (C=O) groups is 1. The van der Waals surface area contributed by atoms with E-state index in [1.165, 1.54) is 37.6 Å². The predicted molar refractivity (Wildman–Crippen MR) is 117 cm³/mol. The summed E-state index contributed by atoms with van der Waals surface area (Å²) in [5, 5.41) is 17.2. The van der Waals surface area contributed by atoms with Gasteiger partial charge < -0.3 is 16.0 Å². The van der Waals surface area contributed by atoms with Gasteiger partial charge in [0, 0.05) is 17.9 Å². The fourth-order valence-corrected chi connectivity index (χ4v) is 4.92. The number of nitriles is 1. The molecular weight excluding hydrogens is 433 g/mol. The Hall–Kier alpha value is -3.06. The minimum absolute atomic E-state index is 0.129. The maximum absolute atomic E-state index is 12.8. The number of nitrogens with two attached hydrogens (primary N) is 1. The lowest BCUT2D eigenvalue weighted by atomic mass is 9.81. The van der Waals surface area contributed by atoms with E-state index in [2.05, 4.69) is 21.4 Å². The number of benzene rings is 1. The number of anilines is 2. The first kappa shape index (κ1) is 23.1. The van der Waals surface area contributed by atoms with E-state index in [4.69, 9.17) is 5.73 Å². The average Bonchev–Trinajstić information content (AvgIpc) is 3.23. The maximum atomic E-state index is 12.8. The van der Waals surface area contributed by atoms with Crippen molar-refractivity contribution < 1.29 is 18.0 Å². The number of nitrogens with zero attached hydrogens (tertiary/aromatic N) is 4. The molecule has 1 aliphatic heterocycles. The van der Waals surface area contributed by atoms with Crippen molar-refractivity contribution in [3.05, 3.63) is 41.6 Å². The van der Waals surface area contributed by atoms with Crippen molar-refractivity contribution in [2.75, 3.05) is 18.4 Å². The zero-order chi connectivity index (χ0) is 23.6. The number of piperidine rings is 1. The Kier molecular flexibility index (Phi) is 6.61. The van der Waals surface area contributed by atoms with Crippen LogP contribution in [-0.2, 0) is 6.18 Å². The summed E-state index contributed by atoms with van der Waals surface area (Å²) < 4.78 is 40.1. The van der Waals surface area contributed by atoms with E-state index in [9.17, 15) is 23.2 Å². The first-order chi connectivity index (χ1) is 15.8. The second kappa shape index (κ2) is 9.43. The van der Waals surface area contributed by atoms with Gasteiger partial charge >= 0.3 is 6.18 Å². The van der Waals surface area contributed by atoms with Crippen molar-refractivity contribution in [3.8, 4) is 6.07 Å². The molecule has 1 saturated carbocycles. The molecule has 2 fully saturated rings. The first-order valence-corrected chi connectivity index (χ1v) is 11.2. The number of nitrogens with one attached hydrogen (secondary N) is 1. The summed E-state index contributed by atoms with van der Waals surface area (Å²) in [5.41, 5.74) is 5.24. The largest absolute Gasteiger partial charge is 0.416 e. The Bertz CT molecular complexity index is 1020. The molecule has 2 aliphatic rings. The third-order valence-electron chi connectivity index (χ3n) is 6.67. The third-order valence-corrected chi connectivity index (χ3v) is 6.67. The summed E-state index contributed by atoms with van der Waals surface area (Å²) in [6.07, 6.45) is 3.17. The number of rotatable bonds is 5. The Morgan fingerprint density at radius 3 is 2.45 bits per heavy atom. The molecule has 0 radical (unpaired) electrons. The highest BCUT2D eigenvalue weighted by molar-refractivity contribution is 5.98. The average molecular weight is 461 g/mol. The zero-order valence-corrected chi connectivity index (χ0v) is 18.2. The molecule has 2 heterocycles. The molecule has 0 spiro atoms. The lowest BCUT2D eigenvalue weighted by Gasteiger charge is -2.40. The number of hydrogen-bond acceptors (Lipinski definition) is 5. The highest BCUT2D eigenvalue weighted by Gasteiger charge is 2.36. The zero-order valence-electron chi connectivity index (χ0n) is 18.2. The van der Waals surface area contributed by atoms with Crippen LogP contribution in [0.3, 0.4) is 0 Å². The lowest BCUT2D eigenvalue weighted by Crippen LogP contribution is -2.44. The highest BCUT2D eigenvalue weighted by Crippen LogP contribution is 2.37. The SMILES string of the molecule is N#C[C@H]1C[C@@H](N2CCCCC2)CC[C@@H]1n1cc(C(N)=O)c(Nc2ccc(C(F)(F)F)cc2)n1. The van der Waals surface area contributed by atoms with Gasteiger partial charge in [0.15, 0.2) is 5.82 Å². The van der Waals surface area contributed by atoms with E-state index in [1.807, 2.05) is 0 Å². The van der Waals surface area contributed by atoms with Crippen LogP contribution in [0.25, 0.3) is 0 Å². The van der Waals surface area contributed by atoms with Crippen LogP contribution in [0.5, 0.6) is 0 Å². The van der Waals surface area contributed by atoms with Crippen LogP contribution in [0.15, 0.2) is 30.5 Å². The second-order valence-electron chi connectivity index (χ2n) is 8.80. The Morgan fingerprint density at radius 1 is 1.15 bits per heavy atom. The molecule has 7 nitrogen and oxygen atoms in total. The summed E-state index contributed by atoms with van der Waals surface area (Å²) in [4.78, 5) is 14.5. The summed E-state index contributed by atoms with van der Waals surface area (Å²) in [6.45, 7) is 2.14. The Balaban J connectivity index is 1.52. The number of likely N-dealkylation sites (tertiary alicyclic amines) is 1. The van der Waals surface area contributed by atoms with Gasteiger partial charge in [-0.25, -0.2) is 0 Å². The minimum atomic E-state index is -4.43. The molecule has 3 atom stereocenters. The van der Waals surface area contributed by atoms with Crippen LogP contribution < -0.4 is 11.1 Å². The van der Waals surface area contributed by atoms with Crippen molar-refractivity contribution >= 4 is 17.4 Å². The third kappa shape index (κ3) is 5.14. The molecular formula is C23H27F3N6O. The highest BCUT2D eigenvalue weighted by atomic mass is 19.4. The molecule has 0 unspecified atom stereocenters. The van der Waals surface area contributed by atoms with Crippen molar-refractivity contribution in [2.24, 2.45) is 11.7 Å². The van der Waals surface area contributed by atoms with Crippen LogP contribution in [0.2, 0.25) is 0 Å². The number of amides is 1. The Labute approximate surface area is 190 Å². The number of halogens is 3. The molecule has 33 heavy (non-hydrogen) atoms. The molecule has 1 amide bonds. The monoisotopic (exact) mass is 460 g/mol. The van der Waals surface area contributed by atoms with Crippen LogP contribution in [0.1, 0.15) is 60.5 Å². The van der Waals surface area contributed by atoms with Crippen molar-refractivity contribution in [2.45, 2.75) is 56.8 Å². The van der Waals surface area contributed by atoms with Gasteiger partial charge in [0.1, 0.15) is 5.56 Å². The molecule has 3 N–H and O–H groups in total. The van der Waals surface area contributed by atoms with E-state index in [1.54, 1.807) is 4.68 Å². The quantitative estimate of drug-likeness (QED) is 0.686. The number of aromatic nitrogens is 2. The van der Waals surface area contributed by atoms with Crippen molar-refractivity contribution in [1.29, 1.82) is 5.26 Å². The van der Waals surface area contributed by atoms with E-state index in [-0.39, 0.29) is 23.3 Å². The van der Waals surface area contributed by atoms with Gasteiger partial charge in [-0.05, 0) is 69.5 Å². The Morgan fingerprint density at radius 2 is 1.85 bits per heavy atom.